The maximum atomic E-state index is 12.4. The van der Waals surface area contributed by atoms with E-state index in [1.54, 1.807) is 13.2 Å². The number of nitrogens with one attached hydrogen (secondary N) is 1. The summed E-state index contributed by atoms with van der Waals surface area (Å²) < 4.78 is 12.1. The van der Waals surface area contributed by atoms with Gasteiger partial charge in [-0.2, -0.15) is 5.10 Å². The van der Waals surface area contributed by atoms with Crippen LogP contribution in [-0.2, 0) is 24.5 Å². The quantitative estimate of drug-likeness (QED) is 0.415. The lowest BCUT2D eigenvalue weighted by atomic mass is 10.1. The zero-order valence-electron chi connectivity index (χ0n) is 18.8. The zero-order valence-corrected chi connectivity index (χ0v) is 18.8. The molecule has 172 valence electrons. The van der Waals surface area contributed by atoms with E-state index in [1.807, 2.05) is 78.9 Å². The maximum Gasteiger partial charge on any atom is 0.267 e. The number of carbonyl (C=O) groups excluding carboxylic acids is 1. The summed E-state index contributed by atoms with van der Waals surface area (Å²) in [6.45, 7) is 0.667. The average Bonchev–Trinajstić information content (AvgIpc) is 2.89. The molecule has 1 N–H and O–H groups in total. The molecule has 0 saturated heterocycles. The van der Waals surface area contributed by atoms with Gasteiger partial charge in [0.15, 0.2) is 0 Å². The predicted molar refractivity (Wildman–Crippen MR) is 130 cm³/mol. The lowest BCUT2D eigenvalue weighted by Gasteiger charge is -2.10. The lowest BCUT2D eigenvalue weighted by molar-refractivity contribution is -0.122. The van der Waals surface area contributed by atoms with Gasteiger partial charge in [0.1, 0.15) is 24.7 Å². The van der Waals surface area contributed by atoms with E-state index in [9.17, 15) is 9.59 Å². The number of ether oxygens (including phenoxy) is 2. The molecule has 34 heavy (non-hydrogen) atoms. The fourth-order valence-electron chi connectivity index (χ4n) is 3.31. The summed E-state index contributed by atoms with van der Waals surface area (Å²) in [5.41, 5.74) is 3.10. The SMILES string of the molecule is COc1ccc(-c2ccc(=O)n(CC(=O)NCc3ccc(OCc4ccccc4)cc3)n2)cc1. The molecule has 1 amide bonds. The van der Waals surface area contributed by atoms with Crippen LogP contribution in [0.4, 0.5) is 0 Å². The van der Waals surface area contributed by atoms with Gasteiger partial charge in [0.25, 0.3) is 5.56 Å². The molecule has 0 radical (unpaired) electrons. The van der Waals surface area contributed by atoms with Gasteiger partial charge < -0.3 is 14.8 Å². The molecule has 0 fully saturated rings. The number of aromatic nitrogens is 2. The van der Waals surface area contributed by atoms with Crippen LogP contribution in [0.3, 0.4) is 0 Å². The molecule has 1 heterocycles. The van der Waals surface area contributed by atoms with Gasteiger partial charge in [0.2, 0.25) is 5.91 Å². The second-order valence-corrected chi connectivity index (χ2v) is 7.64. The molecule has 1 aromatic heterocycles. The van der Waals surface area contributed by atoms with Gasteiger partial charge in [0.05, 0.1) is 12.8 Å². The minimum Gasteiger partial charge on any atom is -0.497 e. The second-order valence-electron chi connectivity index (χ2n) is 7.64. The van der Waals surface area contributed by atoms with E-state index in [0.29, 0.717) is 18.8 Å². The van der Waals surface area contributed by atoms with E-state index in [0.717, 1.165) is 32.9 Å². The molecule has 4 aromatic rings. The number of carbonyl (C=O) groups is 1. The first-order chi connectivity index (χ1) is 16.6. The summed E-state index contributed by atoms with van der Waals surface area (Å²) in [4.78, 5) is 24.6. The number of methoxy groups -OCH3 is 1. The molecular weight excluding hydrogens is 430 g/mol. The van der Waals surface area contributed by atoms with Gasteiger partial charge in [0, 0.05) is 18.2 Å². The second kappa shape index (κ2) is 11.0. The summed E-state index contributed by atoms with van der Waals surface area (Å²) in [6.07, 6.45) is 0. The Morgan fingerprint density at radius 2 is 1.56 bits per heavy atom. The molecule has 3 aromatic carbocycles. The highest BCUT2D eigenvalue weighted by Gasteiger charge is 2.09. The van der Waals surface area contributed by atoms with Crippen LogP contribution >= 0.6 is 0 Å². The summed E-state index contributed by atoms with van der Waals surface area (Å²) in [5.74, 6) is 1.18. The molecule has 0 aliphatic heterocycles. The van der Waals surface area contributed by atoms with Crippen LogP contribution in [-0.4, -0.2) is 22.8 Å². The minimum absolute atomic E-state index is 0.166. The van der Waals surface area contributed by atoms with Crippen molar-refractivity contribution in [3.05, 3.63) is 112 Å². The highest BCUT2D eigenvalue weighted by Crippen LogP contribution is 2.19. The van der Waals surface area contributed by atoms with E-state index < -0.39 is 0 Å². The first-order valence-electron chi connectivity index (χ1n) is 10.9. The van der Waals surface area contributed by atoms with Crippen molar-refractivity contribution < 1.29 is 14.3 Å². The van der Waals surface area contributed by atoms with Crippen molar-refractivity contribution in [2.24, 2.45) is 0 Å². The molecule has 0 aliphatic carbocycles. The molecule has 7 nitrogen and oxygen atoms in total. The molecule has 0 aliphatic rings. The van der Waals surface area contributed by atoms with Crippen molar-refractivity contribution in [2.45, 2.75) is 19.7 Å². The topological polar surface area (TPSA) is 82.5 Å². The maximum absolute atomic E-state index is 12.4. The Kier molecular flexibility index (Phi) is 7.35. The van der Waals surface area contributed by atoms with Crippen LogP contribution in [0.25, 0.3) is 11.3 Å². The van der Waals surface area contributed by atoms with Crippen molar-refractivity contribution in [2.75, 3.05) is 7.11 Å². The van der Waals surface area contributed by atoms with Crippen molar-refractivity contribution in [3.8, 4) is 22.8 Å². The van der Waals surface area contributed by atoms with Crippen LogP contribution in [0.15, 0.2) is 95.8 Å². The van der Waals surface area contributed by atoms with Crippen molar-refractivity contribution in [1.82, 2.24) is 15.1 Å². The fourth-order valence-corrected chi connectivity index (χ4v) is 3.31. The van der Waals surface area contributed by atoms with Gasteiger partial charge in [-0.15, -0.1) is 0 Å². The molecular formula is C27H25N3O4. The average molecular weight is 456 g/mol. The Morgan fingerprint density at radius 1 is 0.853 bits per heavy atom. The van der Waals surface area contributed by atoms with E-state index in [2.05, 4.69) is 10.4 Å². The lowest BCUT2D eigenvalue weighted by Crippen LogP contribution is -2.33. The monoisotopic (exact) mass is 455 g/mol. The summed E-state index contributed by atoms with van der Waals surface area (Å²) in [7, 11) is 1.60. The Balaban J connectivity index is 1.31. The minimum atomic E-state index is -0.340. The Bertz CT molecular complexity index is 1280. The van der Waals surface area contributed by atoms with Gasteiger partial charge in [-0.1, -0.05) is 42.5 Å². The molecule has 4 rings (SSSR count). The van der Waals surface area contributed by atoms with Gasteiger partial charge in [-0.25, -0.2) is 4.68 Å². The summed E-state index contributed by atoms with van der Waals surface area (Å²) >= 11 is 0. The number of benzene rings is 3. The third kappa shape index (κ3) is 6.10. The number of hydrogen-bond donors (Lipinski definition) is 1. The highest BCUT2D eigenvalue weighted by atomic mass is 16.5. The smallest absolute Gasteiger partial charge is 0.267 e. The van der Waals surface area contributed by atoms with Crippen LogP contribution in [0.1, 0.15) is 11.1 Å². The first-order valence-corrected chi connectivity index (χ1v) is 10.9. The van der Waals surface area contributed by atoms with E-state index in [-0.39, 0.29) is 18.0 Å². The van der Waals surface area contributed by atoms with Gasteiger partial charge in [-0.05, 0) is 53.6 Å². The van der Waals surface area contributed by atoms with Crippen molar-refractivity contribution >= 4 is 5.91 Å². The van der Waals surface area contributed by atoms with Gasteiger partial charge >= 0.3 is 0 Å². The number of amides is 1. The molecule has 0 atom stereocenters. The van der Waals surface area contributed by atoms with E-state index in [4.69, 9.17) is 9.47 Å². The van der Waals surface area contributed by atoms with Crippen LogP contribution in [0.5, 0.6) is 11.5 Å². The zero-order chi connectivity index (χ0) is 23.8. The van der Waals surface area contributed by atoms with Crippen LogP contribution < -0.4 is 20.3 Å². The highest BCUT2D eigenvalue weighted by molar-refractivity contribution is 5.75. The molecule has 0 unspecified atom stereocenters. The predicted octanol–water partition coefficient (Wildman–Crippen LogP) is 3.81. The summed E-state index contributed by atoms with van der Waals surface area (Å²) in [5, 5.41) is 7.17. The number of hydrogen-bond acceptors (Lipinski definition) is 5. The third-order valence-corrected chi connectivity index (χ3v) is 5.21. The Hall–Kier alpha value is -4.39. The third-order valence-electron chi connectivity index (χ3n) is 5.21. The Labute approximate surface area is 197 Å². The summed E-state index contributed by atoms with van der Waals surface area (Å²) in [6, 6.07) is 27.9. The van der Waals surface area contributed by atoms with Crippen LogP contribution in [0, 0.1) is 0 Å². The molecule has 0 bridgehead atoms. The van der Waals surface area contributed by atoms with E-state index in [1.165, 1.54) is 6.07 Å². The van der Waals surface area contributed by atoms with Gasteiger partial charge in [-0.3, -0.25) is 9.59 Å². The largest absolute Gasteiger partial charge is 0.497 e. The molecule has 0 saturated carbocycles. The van der Waals surface area contributed by atoms with Crippen molar-refractivity contribution in [1.29, 1.82) is 0 Å². The van der Waals surface area contributed by atoms with E-state index >= 15 is 0 Å². The fraction of sp³-hybridized carbons (Fsp3) is 0.148. The standard InChI is InChI=1S/C27H25N3O4/c1-33-23-13-9-22(10-14-23)25-15-16-27(32)30(29-25)18-26(31)28-17-20-7-11-24(12-8-20)34-19-21-5-3-2-4-6-21/h2-16H,17-19H2,1H3,(H,28,31). The molecule has 7 heteroatoms. The number of rotatable bonds is 9. The first kappa shape index (κ1) is 22.8. The normalized spacial score (nSPS) is 10.5. The number of nitrogens with zero attached hydrogens (tertiary/aromatic N) is 2. The van der Waals surface area contributed by atoms with Crippen molar-refractivity contribution in [3.63, 3.8) is 0 Å². The van der Waals surface area contributed by atoms with Crippen LogP contribution in [0.2, 0.25) is 0 Å². The Morgan fingerprint density at radius 3 is 2.26 bits per heavy atom. The molecule has 0 spiro atoms.